The maximum atomic E-state index is 12.1. The molecule has 3 aliphatic rings. The highest BCUT2D eigenvalue weighted by atomic mass is 16.2. The molecule has 0 spiro atoms. The van der Waals surface area contributed by atoms with Crippen LogP contribution in [0.25, 0.3) is 0 Å². The molecule has 5 nitrogen and oxygen atoms in total. The number of rotatable bonds is 2. The molecule has 1 saturated heterocycles. The number of carbonyl (C=O) groups is 3. The monoisotopic (exact) mass is 234 g/mol. The minimum atomic E-state index is -0.299. The molecule has 0 aromatic heterocycles. The summed E-state index contributed by atoms with van der Waals surface area (Å²) in [5, 5.41) is 2.44. The van der Waals surface area contributed by atoms with Crippen molar-refractivity contribution >= 4 is 17.7 Å². The highest BCUT2D eigenvalue weighted by Crippen LogP contribution is 2.52. The third kappa shape index (κ3) is 1.28. The van der Waals surface area contributed by atoms with Gasteiger partial charge in [-0.15, -0.1) is 0 Å². The summed E-state index contributed by atoms with van der Waals surface area (Å²) in [6, 6.07) is 0. The Kier molecular flexibility index (Phi) is 2.11. The van der Waals surface area contributed by atoms with E-state index in [1.165, 1.54) is 7.05 Å². The number of amides is 3. The summed E-state index contributed by atoms with van der Waals surface area (Å²) >= 11 is 0. The predicted octanol–water partition coefficient (Wildman–Crippen LogP) is -0.461. The van der Waals surface area contributed by atoms with Gasteiger partial charge in [0.05, 0.1) is 11.8 Å². The van der Waals surface area contributed by atoms with Crippen LogP contribution in [0.1, 0.15) is 6.42 Å². The van der Waals surface area contributed by atoms with E-state index >= 15 is 0 Å². The Balaban J connectivity index is 1.85. The summed E-state index contributed by atoms with van der Waals surface area (Å²) in [5.74, 6) is -0.635. The molecule has 4 atom stereocenters. The first-order valence-corrected chi connectivity index (χ1v) is 5.87. The number of carbonyl (C=O) groups excluding carboxylic acids is 3. The van der Waals surface area contributed by atoms with Gasteiger partial charge in [-0.05, 0) is 18.3 Å². The molecule has 90 valence electrons. The Morgan fingerprint density at radius 1 is 1.29 bits per heavy atom. The molecule has 1 saturated carbocycles. The number of hydrogen-bond donors (Lipinski definition) is 1. The SMILES string of the molecule is CNC(=O)CN1C(=O)[C@H]2[C@H](C1=O)[C@H]1C=C[C@H]2C1. The van der Waals surface area contributed by atoms with E-state index in [4.69, 9.17) is 0 Å². The highest BCUT2D eigenvalue weighted by molar-refractivity contribution is 6.08. The number of hydrogen-bond acceptors (Lipinski definition) is 3. The van der Waals surface area contributed by atoms with Gasteiger partial charge in [0.15, 0.2) is 0 Å². The highest BCUT2D eigenvalue weighted by Gasteiger charge is 2.59. The van der Waals surface area contributed by atoms with Crippen molar-refractivity contribution in [1.29, 1.82) is 0 Å². The summed E-state index contributed by atoms with van der Waals surface area (Å²) in [6.45, 7) is -0.138. The lowest BCUT2D eigenvalue weighted by Crippen LogP contribution is -2.40. The zero-order valence-electron chi connectivity index (χ0n) is 9.55. The molecule has 0 aromatic rings. The quantitative estimate of drug-likeness (QED) is 0.519. The fraction of sp³-hybridized carbons (Fsp3) is 0.583. The molecule has 2 fully saturated rings. The molecule has 0 unspecified atom stereocenters. The molecule has 0 aromatic carbocycles. The topological polar surface area (TPSA) is 66.5 Å². The van der Waals surface area contributed by atoms with Gasteiger partial charge in [-0.25, -0.2) is 0 Å². The molecule has 1 heterocycles. The van der Waals surface area contributed by atoms with Gasteiger partial charge in [0.25, 0.3) is 0 Å². The number of fused-ring (bicyclic) bond motifs is 5. The normalized spacial score (nSPS) is 37.8. The summed E-state index contributed by atoms with van der Waals surface area (Å²) < 4.78 is 0. The number of imide groups is 1. The van der Waals surface area contributed by atoms with E-state index in [-0.39, 0.29) is 47.9 Å². The summed E-state index contributed by atoms with van der Waals surface area (Å²) in [4.78, 5) is 36.7. The number of nitrogens with zero attached hydrogens (tertiary/aromatic N) is 1. The van der Waals surface area contributed by atoms with Crippen LogP contribution in [0.3, 0.4) is 0 Å². The van der Waals surface area contributed by atoms with Gasteiger partial charge < -0.3 is 5.32 Å². The van der Waals surface area contributed by atoms with Gasteiger partial charge in [0.2, 0.25) is 17.7 Å². The van der Waals surface area contributed by atoms with Crippen LogP contribution in [0.15, 0.2) is 12.2 Å². The average Bonchev–Trinajstić information content (AvgIpc) is 2.98. The fourth-order valence-corrected chi connectivity index (χ4v) is 3.34. The molecular weight excluding hydrogens is 220 g/mol. The van der Waals surface area contributed by atoms with Crippen molar-refractivity contribution in [3.8, 4) is 0 Å². The van der Waals surface area contributed by atoms with Crippen molar-refractivity contribution in [2.75, 3.05) is 13.6 Å². The van der Waals surface area contributed by atoms with E-state index in [2.05, 4.69) is 5.32 Å². The lowest BCUT2D eigenvalue weighted by atomic mass is 9.85. The maximum absolute atomic E-state index is 12.1. The molecule has 0 radical (unpaired) electrons. The second-order valence-corrected chi connectivity index (χ2v) is 4.94. The Labute approximate surface area is 98.8 Å². The smallest absolute Gasteiger partial charge is 0.239 e. The number of likely N-dealkylation sites (tertiary alicyclic amines) is 1. The van der Waals surface area contributed by atoms with Crippen LogP contribution in [-0.2, 0) is 14.4 Å². The standard InChI is InChI=1S/C12H14N2O3/c1-13-8(15)5-14-11(16)9-6-2-3-7(4-6)10(9)12(14)17/h2-3,6-7,9-10H,4-5H2,1H3,(H,13,15)/t6-,7-,9+,10+/m0/s1. The Hall–Kier alpha value is -1.65. The van der Waals surface area contributed by atoms with E-state index in [1.807, 2.05) is 12.2 Å². The molecule has 5 heteroatoms. The van der Waals surface area contributed by atoms with Crippen LogP contribution < -0.4 is 5.32 Å². The average molecular weight is 234 g/mol. The first-order chi connectivity index (χ1) is 8.13. The van der Waals surface area contributed by atoms with Crippen molar-refractivity contribution < 1.29 is 14.4 Å². The first kappa shape index (κ1) is 10.5. The van der Waals surface area contributed by atoms with Crippen LogP contribution in [0, 0.1) is 23.7 Å². The van der Waals surface area contributed by atoms with Crippen molar-refractivity contribution in [3.05, 3.63) is 12.2 Å². The van der Waals surface area contributed by atoms with Gasteiger partial charge in [-0.2, -0.15) is 0 Å². The Bertz CT molecular complexity index is 413. The van der Waals surface area contributed by atoms with Crippen LogP contribution in [0.2, 0.25) is 0 Å². The number of nitrogens with one attached hydrogen (secondary N) is 1. The van der Waals surface area contributed by atoms with Crippen molar-refractivity contribution in [3.63, 3.8) is 0 Å². The van der Waals surface area contributed by atoms with Gasteiger partial charge in [-0.3, -0.25) is 19.3 Å². The van der Waals surface area contributed by atoms with E-state index in [9.17, 15) is 14.4 Å². The second-order valence-electron chi connectivity index (χ2n) is 4.94. The van der Waals surface area contributed by atoms with E-state index in [0.717, 1.165) is 11.3 Å². The van der Waals surface area contributed by atoms with Crippen LogP contribution in [0.5, 0.6) is 0 Å². The third-order valence-electron chi connectivity index (χ3n) is 4.14. The van der Waals surface area contributed by atoms with Crippen LogP contribution in [0.4, 0.5) is 0 Å². The van der Waals surface area contributed by atoms with E-state index < -0.39 is 0 Å². The lowest BCUT2D eigenvalue weighted by molar-refractivity contribution is -0.144. The number of allylic oxidation sites excluding steroid dienone is 2. The Morgan fingerprint density at radius 3 is 2.29 bits per heavy atom. The molecule has 3 amide bonds. The molecule has 3 rings (SSSR count). The molecule has 1 aliphatic heterocycles. The Morgan fingerprint density at radius 2 is 1.82 bits per heavy atom. The summed E-state index contributed by atoms with van der Waals surface area (Å²) in [5.41, 5.74) is 0. The first-order valence-electron chi connectivity index (χ1n) is 5.87. The lowest BCUT2D eigenvalue weighted by Gasteiger charge is -2.15. The predicted molar refractivity (Wildman–Crippen MR) is 58.5 cm³/mol. The second kappa shape index (κ2) is 3.42. The molecular formula is C12H14N2O3. The van der Waals surface area contributed by atoms with Gasteiger partial charge in [0.1, 0.15) is 6.54 Å². The summed E-state index contributed by atoms with van der Waals surface area (Å²) in [6.07, 6.45) is 5.00. The van der Waals surface area contributed by atoms with E-state index in [1.54, 1.807) is 0 Å². The number of likely N-dealkylation sites (N-methyl/N-ethyl adjacent to an activating group) is 1. The van der Waals surface area contributed by atoms with Crippen LogP contribution in [-0.4, -0.2) is 36.2 Å². The minimum Gasteiger partial charge on any atom is -0.358 e. The molecule has 1 N–H and O–H groups in total. The maximum Gasteiger partial charge on any atom is 0.239 e. The van der Waals surface area contributed by atoms with E-state index in [0.29, 0.717) is 0 Å². The van der Waals surface area contributed by atoms with Gasteiger partial charge in [0, 0.05) is 7.05 Å². The zero-order chi connectivity index (χ0) is 12.2. The molecule has 17 heavy (non-hydrogen) atoms. The fourth-order valence-electron chi connectivity index (χ4n) is 3.34. The van der Waals surface area contributed by atoms with Crippen LogP contribution >= 0.6 is 0 Å². The molecule has 2 bridgehead atoms. The molecule has 2 aliphatic carbocycles. The minimum absolute atomic E-state index is 0.138. The zero-order valence-corrected chi connectivity index (χ0v) is 9.55. The van der Waals surface area contributed by atoms with Crippen molar-refractivity contribution in [2.45, 2.75) is 6.42 Å². The largest absolute Gasteiger partial charge is 0.358 e. The van der Waals surface area contributed by atoms with Gasteiger partial charge in [-0.1, -0.05) is 12.2 Å². The third-order valence-corrected chi connectivity index (χ3v) is 4.14. The van der Waals surface area contributed by atoms with Gasteiger partial charge >= 0.3 is 0 Å². The van der Waals surface area contributed by atoms with Crippen molar-refractivity contribution in [2.24, 2.45) is 23.7 Å². The summed E-state index contributed by atoms with van der Waals surface area (Å²) in [7, 11) is 1.50. The van der Waals surface area contributed by atoms with Crippen molar-refractivity contribution in [1.82, 2.24) is 10.2 Å².